The van der Waals surface area contributed by atoms with Crippen LogP contribution in [-0.2, 0) is 11.2 Å². The van der Waals surface area contributed by atoms with Gasteiger partial charge < -0.3 is 9.64 Å². The monoisotopic (exact) mass is 329 g/mol. The Morgan fingerprint density at radius 2 is 1.64 bits per heavy atom. The van der Waals surface area contributed by atoms with Crippen molar-refractivity contribution in [3.05, 3.63) is 84.4 Å². The number of rotatable bonds is 4. The summed E-state index contributed by atoms with van der Waals surface area (Å²) in [5.41, 5.74) is 4.45. The first-order valence-electron chi connectivity index (χ1n) is 8.48. The molecule has 25 heavy (non-hydrogen) atoms. The molecule has 1 amide bonds. The molecule has 0 aromatic heterocycles. The fourth-order valence-electron chi connectivity index (χ4n) is 3.22. The van der Waals surface area contributed by atoms with Crippen LogP contribution in [0.2, 0.25) is 0 Å². The lowest BCUT2D eigenvalue weighted by atomic mass is 10.1. The van der Waals surface area contributed by atoms with Gasteiger partial charge in [-0.3, -0.25) is 4.79 Å². The Morgan fingerprint density at radius 1 is 0.880 bits per heavy atom. The van der Waals surface area contributed by atoms with E-state index in [1.54, 1.807) is 0 Å². The summed E-state index contributed by atoms with van der Waals surface area (Å²) in [6.07, 6.45) is 0.908. The maximum absolute atomic E-state index is 12.5. The average Bonchev–Trinajstić information content (AvgIpc) is 3.11. The lowest BCUT2D eigenvalue weighted by Gasteiger charge is -2.17. The molecule has 1 heterocycles. The minimum absolute atomic E-state index is 0.00457. The molecule has 0 atom stereocenters. The van der Waals surface area contributed by atoms with Crippen molar-refractivity contribution in [1.82, 2.24) is 0 Å². The maximum Gasteiger partial charge on any atom is 0.264 e. The van der Waals surface area contributed by atoms with Crippen LogP contribution in [0, 0.1) is 0 Å². The third-order valence-electron chi connectivity index (χ3n) is 4.49. The number of amides is 1. The Balaban J connectivity index is 1.45. The van der Waals surface area contributed by atoms with E-state index in [2.05, 4.69) is 18.2 Å². The summed E-state index contributed by atoms with van der Waals surface area (Å²) in [6.45, 7) is 0.776. The van der Waals surface area contributed by atoms with Gasteiger partial charge in [-0.25, -0.2) is 0 Å². The van der Waals surface area contributed by atoms with Crippen LogP contribution in [0.5, 0.6) is 5.75 Å². The molecule has 0 saturated heterocycles. The molecule has 4 rings (SSSR count). The Morgan fingerprint density at radius 3 is 2.52 bits per heavy atom. The van der Waals surface area contributed by atoms with Gasteiger partial charge in [-0.2, -0.15) is 0 Å². The van der Waals surface area contributed by atoms with E-state index in [0.29, 0.717) is 5.75 Å². The SMILES string of the molecule is O=C(COc1cccc(-c2ccccc2)c1)N1CCc2ccccc21. The van der Waals surface area contributed by atoms with Gasteiger partial charge in [0.1, 0.15) is 5.75 Å². The van der Waals surface area contributed by atoms with Gasteiger partial charge >= 0.3 is 0 Å². The molecule has 0 saturated carbocycles. The maximum atomic E-state index is 12.5. The normalized spacial score (nSPS) is 12.7. The van der Waals surface area contributed by atoms with E-state index in [1.807, 2.05) is 65.6 Å². The zero-order valence-electron chi connectivity index (χ0n) is 13.9. The Labute approximate surface area is 147 Å². The topological polar surface area (TPSA) is 29.5 Å². The second-order valence-corrected chi connectivity index (χ2v) is 6.11. The predicted octanol–water partition coefficient (Wildman–Crippen LogP) is 4.32. The van der Waals surface area contributed by atoms with Crippen molar-refractivity contribution in [1.29, 1.82) is 0 Å². The minimum Gasteiger partial charge on any atom is -0.484 e. The second kappa shape index (κ2) is 6.81. The molecule has 0 aliphatic carbocycles. The van der Waals surface area contributed by atoms with E-state index in [9.17, 15) is 4.79 Å². The van der Waals surface area contributed by atoms with Crippen LogP contribution < -0.4 is 9.64 Å². The summed E-state index contributed by atoms with van der Waals surface area (Å²) in [4.78, 5) is 14.4. The number of carbonyl (C=O) groups is 1. The fourth-order valence-corrected chi connectivity index (χ4v) is 3.22. The van der Waals surface area contributed by atoms with E-state index in [0.717, 1.165) is 29.8 Å². The summed E-state index contributed by atoms with van der Waals surface area (Å²) in [5.74, 6) is 0.706. The molecule has 3 heteroatoms. The summed E-state index contributed by atoms with van der Waals surface area (Å²) < 4.78 is 5.77. The van der Waals surface area contributed by atoms with E-state index in [4.69, 9.17) is 4.74 Å². The first kappa shape index (κ1) is 15.5. The molecule has 0 N–H and O–H groups in total. The first-order chi connectivity index (χ1) is 12.3. The summed E-state index contributed by atoms with van der Waals surface area (Å²) in [5, 5.41) is 0. The Hall–Kier alpha value is -3.07. The van der Waals surface area contributed by atoms with Gasteiger partial charge in [-0.05, 0) is 41.3 Å². The number of fused-ring (bicyclic) bond motifs is 1. The number of benzene rings is 3. The van der Waals surface area contributed by atoms with Crippen LogP contribution >= 0.6 is 0 Å². The van der Waals surface area contributed by atoms with Crippen LogP contribution in [-0.4, -0.2) is 19.1 Å². The van der Waals surface area contributed by atoms with Gasteiger partial charge in [0.15, 0.2) is 6.61 Å². The van der Waals surface area contributed by atoms with E-state index < -0.39 is 0 Å². The Bertz CT molecular complexity index is 889. The van der Waals surface area contributed by atoms with Crippen molar-refractivity contribution >= 4 is 11.6 Å². The molecule has 0 spiro atoms. The lowest BCUT2D eigenvalue weighted by molar-refractivity contribution is -0.120. The highest BCUT2D eigenvalue weighted by Crippen LogP contribution is 2.28. The van der Waals surface area contributed by atoms with Crippen molar-refractivity contribution in [2.75, 3.05) is 18.1 Å². The molecule has 0 unspecified atom stereocenters. The van der Waals surface area contributed by atoms with Gasteiger partial charge in [-0.15, -0.1) is 0 Å². The standard InChI is InChI=1S/C22H19NO2/c24-22(23-14-13-18-9-4-5-12-21(18)23)16-25-20-11-6-10-19(15-20)17-7-2-1-3-8-17/h1-12,15H,13-14,16H2. The van der Waals surface area contributed by atoms with Gasteiger partial charge in [0, 0.05) is 12.2 Å². The molecule has 3 aromatic rings. The number of nitrogens with zero attached hydrogens (tertiary/aromatic N) is 1. The zero-order valence-corrected chi connectivity index (χ0v) is 13.9. The van der Waals surface area contributed by atoms with Gasteiger partial charge in [0.25, 0.3) is 5.91 Å². The molecular weight excluding hydrogens is 310 g/mol. The van der Waals surface area contributed by atoms with E-state index in [1.165, 1.54) is 5.56 Å². The number of hydrogen-bond donors (Lipinski definition) is 0. The molecule has 3 aromatic carbocycles. The van der Waals surface area contributed by atoms with Crippen molar-refractivity contribution in [2.45, 2.75) is 6.42 Å². The van der Waals surface area contributed by atoms with E-state index in [-0.39, 0.29) is 12.5 Å². The van der Waals surface area contributed by atoms with Crippen molar-refractivity contribution in [2.24, 2.45) is 0 Å². The molecule has 124 valence electrons. The minimum atomic E-state index is -0.00457. The Kier molecular flexibility index (Phi) is 4.21. The average molecular weight is 329 g/mol. The highest BCUT2D eigenvalue weighted by atomic mass is 16.5. The molecule has 0 fully saturated rings. The summed E-state index contributed by atoms with van der Waals surface area (Å²) in [6, 6.07) is 26.0. The third-order valence-corrected chi connectivity index (χ3v) is 4.49. The highest BCUT2D eigenvalue weighted by Gasteiger charge is 2.24. The highest BCUT2D eigenvalue weighted by molar-refractivity contribution is 5.96. The second-order valence-electron chi connectivity index (χ2n) is 6.11. The van der Waals surface area contributed by atoms with E-state index >= 15 is 0 Å². The summed E-state index contributed by atoms with van der Waals surface area (Å²) >= 11 is 0. The largest absolute Gasteiger partial charge is 0.484 e. The zero-order chi connectivity index (χ0) is 17.1. The number of anilines is 1. The molecule has 1 aliphatic rings. The number of carbonyl (C=O) groups excluding carboxylic acids is 1. The van der Waals surface area contributed by atoms with Crippen LogP contribution in [0.15, 0.2) is 78.9 Å². The quantitative estimate of drug-likeness (QED) is 0.713. The molecule has 1 aliphatic heterocycles. The van der Waals surface area contributed by atoms with Crippen molar-refractivity contribution < 1.29 is 9.53 Å². The predicted molar refractivity (Wildman–Crippen MR) is 99.9 cm³/mol. The van der Waals surface area contributed by atoms with Gasteiger partial charge in [-0.1, -0.05) is 60.7 Å². The lowest BCUT2D eigenvalue weighted by Crippen LogP contribution is -2.33. The molecule has 0 radical (unpaired) electrons. The van der Waals surface area contributed by atoms with Crippen LogP contribution in [0.4, 0.5) is 5.69 Å². The number of para-hydroxylation sites is 1. The van der Waals surface area contributed by atoms with Gasteiger partial charge in [0.05, 0.1) is 0 Å². The first-order valence-corrected chi connectivity index (χ1v) is 8.48. The fraction of sp³-hybridized carbons (Fsp3) is 0.136. The number of hydrogen-bond acceptors (Lipinski definition) is 2. The van der Waals surface area contributed by atoms with Crippen molar-refractivity contribution in [3.8, 4) is 16.9 Å². The third kappa shape index (κ3) is 3.26. The van der Waals surface area contributed by atoms with Gasteiger partial charge in [0.2, 0.25) is 0 Å². The van der Waals surface area contributed by atoms with Crippen molar-refractivity contribution in [3.63, 3.8) is 0 Å². The molecule has 0 bridgehead atoms. The number of ether oxygens (including phenoxy) is 1. The molecular formula is C22H19NO2. The van der Waals surface area contributed by atoms with Crippen LogP contribution in [0.25, 0.3) is 11.1 Å². The smallest absolute Gasteiger partial charge is 0.264 e. The van der Waals surface area contributed by atoms with Crippen LogP contribution in [0.3, 0.4) is 0 Å². The molecule has 3 nitrogen and oxygen atoms in total. The summed E-state index contributed by atoms with van der Waals surface area (Å²) in [7, 11) is 0. The van der Waals surface area contributed by atoms with Crippen LogP contribution in [0.1, 0.15) is 5.56 Å².